The summed E-state index contributed by atoms with van der Waals surface area (Å²) in [5.74, 6) is 1.93. The summed E-state index contributed by atoms with van der Waals surface area (Å²) >= 11 is 0. The number of aliphatic hydroxyl groups is 1. The third-order valence-corrected chi connectivity index (χ3v) is 4.74. The Morgan fingerprint density at radius 1 is 1.23 bits per heavy atom. The largest absolute Gasteiger partial charge is 0.469 e. The van der Waals surface area contributed by atoms with Crippen molar-refractivity contribution in [3.8, 4) is 5.75 Å². The standard InChI is InChI=1S/C21H27F2N3O4.HI/c22-20(23)30-18-5-3-16(4-6-18)19(27)13-26-21(25-12-15-8-11-28-14-15)24-9-7-17-2-1-10-29-17;/h1-6,10,15,19-20,27H,7-9,11-14H2,(H2,24,25,26);1H. The zero-order valence-corrected chi connectivity index (χ0v) is 19.3. The molecule has 1 saturated heterocycles. The monoisotopic (exact) mass is 551 g/mol. The predicted molar refractivity (Wildman–Crippen MR) is 123 cm³/mol. The lowest BCUT2D eigenvalue weighted by Crippen LogP contribution is -2.41. The van der Waals surface area contributed by atoms with E-state index < -0.39 is 12.7 Å². The third kappa shape index (κ3) is 8.99. The van der Waals surface area contributed by atoms with Crippen LogP contribution < -0.4 is 15.4 Å². The summed E-state index contributed by atoms with van der Waals surface area (Å²) in [6, 6.07) is 9.64. The van der Waals surface area contributed by atoms with E-state index in [0.717, 1.165) is 31.9 Å². The van der Waals surface area contributed by atoms with Crippen LogP contribution in [-0.2, 0) is 11.2 Å². The van der Waals surface area contributed by atoms with Gasteiger partial charge in [0.15, 0.2) is 5.96 Å². The fourth-order valence-electron chi connectivity index (χ4n) is 3.07. The molecule has 0 saturated carbocycles. The number of furan rings is 1. The molecule has 1 aromatic heterocycles. The molecule has 10 heteroatoms. The Morgan fingerprint density at radius 3 is 2.68 bits per heavy atom. The van der Waals surface area contributed by atoms with Gasteiger partial charge in [-0.2, -0.15) is 8.78 Å². The van der Waals surface area contributed by atoms with Crippen LogP contribution in [0.2, 0.25) is 0 Å². The number of halogens is 3. The maximum Gasteiger partial charge on any atom is 0.387 e. The van der Waals surface area contributed by atoms with Crippen LogP contribution in [0, 0.1) is 5.92 Å². The second-order valence-corrected chi connectivity index (χ2v) is 7.02. The summed E-state index contributed by atoms with van der Waals surface area (Å²) in [6.07, 6.45) is 2.47. The van der Waals surface area contributed by atoms with E-state index in [2.05, 4.69) is 20.4 Å². The van der Waals surface area contributed by atoms with E-state index >= 15 is 0 Å². The number of ether oxygens (including phenoxy) is 2. The van der Waals surface area contributed by atoms with Crippen molar-refractivity contribution in [2.75, 3.05) is 32.8 Å². The van der Waals surface area contributed by atoms with Gasteiger partial charge in [-0.05, 0) is 36.2 Å². The molecule has 0 bridgehead atoms. The van der Waals surface area contributed by atoms with Gasteiger partial charge in [0.25, 0.3) is 0 Å². The fourth-order valence-corrected chi connectivity index (χ4v) is 3.07. The van der Waals surface area contributed by atoms with Gasteiger partial charge in [0.1, 0.15) is 11.5 Å². The Balaban J connectivity index is 0.00000341. The van der Waals surface area contributed by atoms with Gasteiger partial charge >= 0.3 is 6.61 Å². The molecule has 0 aliphatic carbocycles. The number of nitrogens with one attached hydrogen (secondary N) is 2. The molecule has 0 amide bonds. The molecule has 1 aromatic carbocycles. The van der Waals surface area contributed by atoms with Crippen molar-refractivity contribution < 1.29 is 27.8 Å². The van der Waals surface area contributed by atoms with E-state index in [-0.39, 0.29) is 36.3 Å². The Hall–Kier alpha value is -1.92. The highest BCUT2D eigenvalue weighted by Gasteiger charge is 2.16. The first-order valence-electron chi connectivity index (χ1n) is 9.95. The predicted octanol–water partition coefficient (Wildman–Crippen LogP) is 3.35. The Morgan fingerprint density at radius 2 is 2.03 bits per heavy atom. The highest BCUT2D eigenvalue weighted by molar-refractivity contribution is 14.0. The molecule has 2 heterocycles. The Bertz CT molecular complexity index is 769. The molecule has 1 aliphatic heterocycles. The van der Waals surface area contributed by atoms with Crippen LogP contribution in [-0.4, -0.2) is 50.5 Å². The molecule has 0 spiro atoms. The van der Waals surface area contributed by atoms with Crippen molar-refractivity contribution in [3.05, 3.63) is 54.0 Å². The zero-order valence-electron chi connectivity index (χ0n) is 17.0. The lowest BCUT2D eigenvalue weighted by atomic mass is 10.1. The number of benzene rings is 1. The summed E-state index contributed by atoms with van der Waals surface area (Å²) < 4.78 is 39.6. The minimum Gasteiger partial charge on any atom is -0.469 e. The van der Waals surface area contributed by atoms with Gasteiger partial charge in [-0.15, -0.1) is 24.0 Å². The molecule has 172 valence electrons. The number of hydrogen-bond donors (Lipinski definition) is 3. The SMILES string of the molecule is I.OC(CN=C(NCCc1ccco1)NCC1CCOC1)c1ccc(OC(F)F)cc1. The van der Waals surface area contributed by atoms with E-state index in [1.165, 1.54) is 12.1 Å². The normalized spacial score (nSPS) is 17.3. The highest BCUT2D eigenvalue weighted by atomic mass is 127. The molecule has 1 fully saturated rings. The van der Waals surface area contributed by atoms with Gasteiger partial charge in [-0.25, -0.2) is 0 Å². The van der Waals surface area contributed by atoms with E-state index in [1.807, 2.05) is 12.1 Å². The molecule has 3 N–H and O–H groups in total. The van der Waals surface area contributed by atoms with Gasteiger partial charge in [0.2, 0.25) is 0 Å². The fraction of sp³-hybridized carbons (Fsp3) is 0.476. The van der Waals surface area contributed by atoms with Gasteiger partial charge in [0, 0.05) is 32.0 Å². The number of alkyl halides is 2. The first-order chi connectivity index (χ1) is 14.6. The lowest BCUT2D eigenvalue weighted by molar-refractivity contribution is -0.0498. The zero-order chi connectivity index (χ0) is 21.2. The minimum atomic E-state index is -2.88. The van der Waals surface area contributed by atoms with E-state index in [9.17, 15) is 13.9 Å². The molecule has 0 radical (unpaired) electrons. The Labute approximate surface area is 197 Å². The van der Waals surface area contributed by atoms with Gasteiger partial charge in [-0.3, -0.25) is 4.99 Å². The van der Waals surface area contributed by atoms with Crippen molar-refractivity contribution in [2.45, 2.75) is 25.6 Å². The second kappa shape index (κ2) is 13.5. The number of aliphatic imine (C=N–C) groups is 1. The first-order valence-corrected chi connectivity index (χ1v) is 9.95. The minimum absolute atomic E-state index is 0. The molecule has 7 nitrogen and oxygen atoms in total. The van der Waals surface area contributed by atoms with E-state index in [4.69, 9.17) is 9.15 Å². The number of hydrogen-bond acceptors (Lipinski definition) is 5. The van der Waals surface area contributed by atoms with Crippen LogP contribution in [0.15, 0.2) is 52.1 Å². The van der Waals surface area contributed by atoms with Gasteiger partial charge in [-0.1, -0.05) is 12.1 Å². The maximum absolute atomic E-state index is 12.2. The third-order valence-electron chi connectivity index (χ3n) is 4.74. The van der Waals surface area contributed by atoms with Crippen LogP contribution >= 0.6 is 24.0 Å². The topological polar surface area (TPSA) is 88.3 Å². The van der Waals surface area contributed by atoms with Crippen LogP contribution in [0.25, 0.3) is 0 Å². The second-order valence-electron chi connectivity index (χ2n) is 7.02. The van der Waals surface area contributed by atoms with Crippen molar-refractivity contribution in [3.63, 3.8) is 0 Å². The van der Waals surface area contributed by atoms with Crippen molar-refractivity contribution in [2.24, 2.45) is 10.9 Å². The first kappa shape index (κ1) is 25.3. The summed E-state index contributed by atoms with van der Waals surface area (Å²) in [5.41, 5.74) is 0.569. The van der Waals surface area contributed by atoms with E-state index in [1.54, 1.807) is 18.4 Å². The molecule has 1 aliphatic rings. The maximum atomic E-state index is 12.2. The van der Waals surface area contributed by atoms with Crippen LogP contribution in [0.3, 0.4) is 0 Å². The number of aliphatic hydroxyl groups excluding tert-OH is 1. The number of guanidine groups is 1. The van der Waals surface area contributed by atoms with Crippen molar-refractivity contribution in [1.29, 1.82) is 0 Å². The van der Waals surface area contributed by atoms with Crippen LogP contribution in [0.4, 0.5) is 8.78 Å². The number of rotatable bonds is 10. The Kier molecular flexibility index (Phi) is 11.0. The van der Waals surface area contributed by atoms with Crippen LogP contribution in [0.1, 0.15) is 23.8 Å². The molecular weight excluding hydrogens is 523 g/mol. The average Bonchev–Trinajstić information content (AvgIpc) is 3.43. The summed E-state index contributed by atoms with van der Waals surface area (Å²) in [6.45, 7) is 0.0821. The molecule has 3 rings (SSSR count). The van der Waals surface area contributed by atoms with Crippen molar-refractivity contribution in [1.82, 2.24) is 10.6 Å². The molecule has 31 heavy (non-hydrogen) atoms. The highest BCUT2D eigenvalue weighted by Crippen LogP contribution is 2.19. The quantitative estimate of drug-likeness (QED) is 0.239. The van der Waals surface area contributed by atoms with E-state index in [0.29, 0.717) is 30.4 Å². The molecule has 2 aromatic rings. The number of nitrogens with zero attached hydrogens (tertiary/aromatic N) is 1. The molecular formula is C21H28F2IN3O4. The lowest BCUT2D eigenvalue weighted by Gasteiger charge is -2.16. The summed E-state index contributed by atoms with van der Waals surface area (Å²) in [5, 5.41) is 16.9. The summed E-state index contributed by atoms with van der Waals surface area (Å²) in [4.78, 5) is 4.47. The van der Waals surface area contributed by atoms with Gasteiger partial charge < -0.3 is 29.6 Å². The molecule has 2 unspecified atom stereocenters. The van der Waals surface area contributed by atoms with Crippen LogP contribution in [0.5, 0.6) is 5.75 Å². The smallest absolute Gasteiger partial charge is 0.387 e. The molecule has 2 atom stereocenters. The van der Waals surface area contributed by atoms with Crippen molar-refractivity contribution >= 4 is 29.9 Å². The average molecular weight is 551 g/mol. The summed E-state index contributed by atoms with van der Waals surface area (Å²) in [7, 11) is 0. The van der Waals surface area contributed by atoms with Gasteiger partial charge in [0.05, 0.1) is 25.5 Å².